The zero-order valence-corrected chi connectivity index (χ0v) is 18.6. The number of anilines is 1. The minimum Gasteiger partial charge on any atom is -0.445 e. The maximum absolute atomic E-state index is 11.8. The Kier molecular flexibility index (Phi) is 14.2. The highest BCUT2D eigenvalue weighted by atomic mass is 16.6. The third-order valence-electron chi connectivity index (χ3n) is 5.23. The number of Topliss-reactive ketones (excluding diaryl/α,β-unsaturated/α-hetero) is 1. The van der Waals surface area contributed by atoms with Gasteiger partial charge in [-0.05, 0) is 25.7 Å². The van der Waals surface area contributed by atoms with Crippen molar-refractivity contribution in [3.63, 3.8) is 0 Å². The molecule has 11 heteroatoms. The van der Waals surface area contributed by atoms with Gasteiger partial charge in [0, 0.05) is 19.2 Å². The van der Waals surface area contributed by atoms with Crippen LogP contribution in [0.3, 0.4) is 0 Å². The van der Waals surface area contributed by atoms with E-state index < -0.39 is 12.1 Å². The quantitative estimate of drug-likeness (QED) is 0.544. The van der Waals surface area contributed by atoms with Crippen LogP contribution in [0.2, 0.25) is 0 Å². The molecular formula is C24H38N6O5. The summed E-state index contributed by atoms with van der Waals surface area (Å²) >= 11 is 0. The van der Waals surface area contributed by atoms with Crippen molar-refractivity contribution in [1.29, 1.82) is 5.26 Å². The minimum absolute atomic E-state index is 0. The van der Waals surface area contributed by atoms with Crippen LogP contribution in [0.15, 0.2) is 31.4 Å². The third kappa shape index (κ3) is 8.81. The number of nitrogens with zero attached hydrogens (tertiary/aromatic N) is 4. The van der Waals surface area contributed by atoms with Gasteiger partial charge in [-0.2, -0.15) is 10.4 Å². The van der Waals surface area contributed by atoms with Crippen molar-refractivity contribution >= 4 is 23.8 Å². The number of hydrogen-bond donors (Lipinski definition) is 2. The van der Waals surface area contributed by atoms with Gasteiger partial charge in [0.1, 0.15) is 19.0 Å². The van der Waals surface area contributed by atoms with Gasteiger partial charge in [0.2, 0.25) is 0 Å². The number of nitrogens with two attached hydrogens (primary N) is 1. The summed E-state index contributed by atoms with van der Waals surface area (Å²) in [6.07, 6.45) is 5.27. The van der Waals surface area contributed by atoms with E-state index in [4.69, 9.17) is 20.5 Å². The van der Waals surface area contributed by atoms with Gasteiger partial charge in [-0.25, -0.2) is 9.59 Å². The third-order valence-corrected chi connectivity index (χ3v) is 5.23. The summed E-state index contributed by atoms with van der Waals surface area (Å²) in [6.45, 7) is 8.52. The van der Waals surface area contributed by atoms with Gasteiger partial charge in [0.25, 0.3) is 0 Å². The Morgan fingerprint density at radius 3 is 2.23 bits per heavy atom. The zero-order valence-electron chi connectivity index (χ0n) is 18.6. The average Bonchev–Trinajstić information content (AvgIpc) is 3.56. The van der Waals surface area contributed by atoms with E-state index in [0.29, 0.717) is 25.3 Å². The fourth-order valence-electron chi connectivity index (χ4n) is 3.77. The first kappa shape index (κ1) is 31.2. The number of rotatable bonds is 7. The Labute approximate surface area is 207 Å². The first-order valence-electron chi connectivity index (χ1n) is 10.7. The maximum Gasteiger partial charge on any atom is 0.410 e. The molecule has 0 aliphatic carbocycles. The van der Waals surface area contributed by atoms with Gasteiger partial charge in [0.15, 0.2) is 5.78 Å². The van der Waals surface area contributed by atoms with Crippen molar-refractivity contribution in [2.24, 2.45) is 0 Å². The zero-order chi connectivity index (χ0) is 24.2. The number of nitriles is 1. The predicted octanol–water partition coefficient (Wildman–Crippen LogP) is 3.98. The fourth-order valence-corrected chi connectivity index (χ4v) is 3.77. The number of carbonyl (C=O) groups is 3. The van der Waals surface area contributed by atoms with E-state index in [2.05, 4.69) is 23.4 Å². The van der Waals surface area contributed by atoms with E-state index in [9.17, 15) is 14.4 Å². The van der Waals surface area contributed by atoms with Crippen molar-refractivity contribution in [2.75, 3.05) is 32.0 Å². The Balaban J connectivity index is 0.000000626. The first-order valence-corrected chi connectivity index (χ1v) is 10.7. The normalized spacial score (nSPS) is 18.0. The number of carbonyl (C=O) groups excluding carboxylic acids is 3. The minimum atomic E-state index is -0.506. The van der Waals surface area contributed by atoms with Gasteiger partial charge < -0.3 is 15.2 Å². The largest absolute Gasteiger partial charge is 0.445 e. The highest BCUT2D eigenvalue weighted by molar-refractivity contribution is 5.89. The van der Waals surface area contributed by atoms with Crippen molar-refractivity contribution < 1.29 is 23.9 Å². The van der Waals surface area contributed by atoms with E-state index >= 15 is 0 Å². The summed E-state index contributed by atoms with van der Waals surface area (Å²) in [5.74, 6) is 0.224. The number of H-pyrrole nitrogens is 1. The summed E-state index contributed by atoms with van der Waals surface area (Å²) in [4.78, 5) is 38.0. The number of ether oxygens (including phenoxy) is 2. The number of likely N-dealkylation sites (tertiary alicyclic amines) is 2. The molecule has 0 aromatic carbocycles. The fraction of sp³-hybridized carbons (Fsp3) is 0.542. The molecule has 0 saturated carbocycles. The van der Waals surface area contributed by atoms with Crippen LogP contribution < -0.4 is 5.73 Å². The van der Waals surface area contributed by atoms with Gasteiger partial charge in [-0.3, -0.25) is 19.7 Å². The van der Waals surface area contributed by atoms with Crippen LogP contribution in [-0.4, -0.2) is 70.3 Å². The number of ketones is 1. The first-order chi connectivity index (χ1) is 15.9. The number of nitrogen functional groups attached to an aromatic ring is 1. The number of aromatic nitrogens is 2. The summed E-state index contributed by atoms with van der Waals surface area (Å²) < 4.78 is 9.90. The molecule has 3 rings (SSSR count). The van der Waals surface area contributed by atoms with E-state index in [1.165, 1.54) is 11.0 Å². The molecule has 2 atom stereocenters. The van der Waals surface area contributed by atoms with Crippen molar-refractivity contribution in [3.05, 3.63) is 37.1 Å². The molecule has 1 aromatic heterocycles. The van der Waals surface area contributed by atoms with Gasteiger partial charge in [-0.15, -0.1) is 0 Å². The number of hydrogen-bond acceptors (Lipinski definition) is 8. The molecule has 0 bridgehead atoms. The number of nitrogens with one attached hydrogen (secondary N) is 1. The lowest BCUT2D eigenvalue weighted by Crippen LogP contribution is -2.40. The smallest absolute Gasteiger partial charge is 0.410 e. The second kappa shape index (κ2) is 15.9. The van der Waals surface area contributed by atoms with E-state index in [-0.39, 0.29) is 52.4 Å². The van der Waals surface area contributed by atoms with E-state index in [1.807, 2.05) is 0 Å². The van der Waals surface area contributed by atoms with E-state index in [1.54, 1.807) is 23.1 Å². The molecule has 11 nitrogen and oxygen atoms in total. The SMILES string of the molecule is C.C.C=CCOC(=O)N1CCCC1C(=O)CC#N.C=CCOC(=O)N1CCCC1c1cc(N)n[nH]1. The molecule has 35 heavy (non-hydrogen) atoms. The molecule has 194 valence electrons. The number of amides is 2. The van der Waals surface area contributed by atoms with Crippen LogP contribution in [0.4, 0.5) is 15.4 Å². The Hall–Kier alpha value is -3.81. The molecule has 1 aromatic rings. The number of aromatic amines is 1. The van der Waals surface area contributed by atoms with Crippen LogP contribution in [0.25, 0.3) is 0 Å². The second-order valence-electron chi connectivity index (χ2n) is 7.48. The summed E-state index contributed by atoms with van der Waals surface area (Å²) in [6, 6.07) is 3.05. The summed E-state index contributed by atoms with van der Waals surface area (Å²) in [7, 11) is 0. The predicted molar refractivity (Wildman–Crippen MR) is 133 cm³/mol. The van der Waals surface area contributed by atoms with Crippen LogP contribution in [0.5, 0.6) is 0 Å². The Morgan fingerprint density at radius 2 is 1.69 bits per heavy atom. The highest BCUT2D eigenvalue weighted by Crippen LogP contribution is 2.31. The van der Waals surface area contributed by atoms with Crippen molar-refractivity contribution in [1.82, 2.24) is 20.0 Å². The molecule has 2 amide bonds. The Bertz CT molecular complexity index is 893. The van der Waals surface area contributed by atoms with Crippen LogP contribution in [-0.2, 0) is 14.3 Å². The van der Waals surface area contributed by atoms with Crippen LogP contribution >= 0.6 is 0 Å². The van der Waals surface area contributed by atoms with Gasteiger partial charge in [-0.1, -0.05) is 40.2 Å². The maximum atomic E-state index is 11.8. The lowest BCUT2D eigenvalue weighted by atomic mass is 10.1. The Morgan fingerprint density at radius 1 is 1.11 bits per heavy atom. The summed E-state index contributed by atoms with van der Waals surface area (Å²) in [5.41, 5.74) is 6.41. The molecule has 2 aliphatic rings. The molecule has 3 N–H and O–H groups in total. The molecule has 2 saturated heterocycles. The molecule has 3 heterocycles. The van der Waals surface area contributed by atoms with E-state index in [0.717, 1.165) is 25.0 Å². The highest BCUT2D eigenvalue weighted by Gasteiger charge is 2.34. The standard InChI is InChI=1S/C11H16N4O2.C11H14N2O3.2CH4/c1-2-6-17-11(16)15-5-3-4-9(15)8-7-10(12)14-13-8;1-2-8-16-11(15)13-7-3-4-9(13)10(14)5-6-12;;/h2,7,9H,1,3-6H2,(H3,12,13,14);2,9H,1,3-5,7-8H2;2*1H4. The molecule has 2 fully saturated rings. The summed E-state index contributed by atoms with van der Waals surface area (Å²) in [5, 5.41) is 15.2. The van der Waals surface area contributed by atoms with Gasteiger partial charge >= 0.3 is 12.2 Å². The molecule has 2 aliphatic heterocycles. The lowest BCUT2D eigenvalue weighted by molar-refractivity contribution is -0.122. The van der Waals surface area contributed by atoms with Crippen LogP contribution in [0, 0.1) is 11.3 Å². The van der Waals surface area contributed by atoms with Crippen molar-refractivity contribution in [2.45, 2.75) is 59.0 Å². The van der Waals surface area contributed by atoms with Gasteiger partial charge in [0.05, 0.1) is 30.3 Å². The molecular weight excluding hydrogens is 452 g/mol. The average molecular weight is 491 g/mol. The topological polar surface area (TPSA) is 155 Å². The van der Waals surface area contributed by atoms with Crippen LogP contribution in [0.1, 0.15) is 58.7 Å². The molecule has 0 spiro atoms. The monoisotopic (exact) mass is 490 g/mol. The molecule has 2 unspecified atom stereocenters. The second-order valence-corrected chi connectivity index (χ2v) is 7.48. The molecule has 0 radical (unpaired) electrons. The lowest BCUT2D eigenvalue weighted by Gasteiger charge is -2.22. The van der Waals surface area contributed by atoms with Crippen molar-refractivity contribution in [3.8, 4) is 6.07 Å².